The summed E-state index contributed by atoms with van der Waals surface area (Å²) in [6.45, 7) is 4.51. The largest absolute Gasteiger partial charge is 0.493 e. The molecule has 3 rings (SSSR count). The Labute approximate surface area is 168 Å². The second-order valence-corrected chi connectivity index (χ2v) is 6.44. The topological polar surface area (TPSA) is 47.6 Å². The lowest BCUT2D eigenvalue weighted by atomic mass is 10.1. The molecule has 3 aromatic rings. The van der Waals surface area contributed by atoms with E-state index in [1.807, 2.05) is 38.1 Å². The normalized spacial score (nSPS) is 10.5. The van der Waals surface area contributed by atoms with Crippen LogP contribution in [-0.2, 0) is 6.61 Å². The molecular weight excluding hydrogens is 376 g/mol. The molecule has 0 fully saturated rings. The number of amides is 1. The second-order valence-electron chi connectivity index (χ2n) is 6.44. The van der Waals surface area contributed by atoms with Gasteiger partial charge < -0.3 is 14.8 Å². The van der Waals surface area contributed by atoms with Crippen molar-refractivity contribution in [3.05, 3.63) is 89.0 Å². The zero-order valence-corrected chi connectivity index (χ0v) is 16.2. The highest BCUT2D eigenvalue weighted by Gasteiger charge is 2.14. The molecule has 0 aliphatic rings. The average Bonchev–Trinajstić information content (AvgIpc) is 2.70. The van der Waals surface area contributed by atoms with Crippen LogP contribution in [0.4, 0.5) is 14.5 Å². The van der Waals surface area contributed by atoms with Crippen LogP contribution in [0.5, 0.6) is 11.5 Å². The van der Waals surface area contributed by atoms with Gasteiger partial charge in [0.05, 0.1) is 12.3 Å². The minimum atomic E-state index is -0.841. The number of carbonyl (C=O) groups is 1. The summed E-state index contributed by atoms with van der Waals surface area (Å²) < 4.78 is 38.3. The zero-order valence-electron chi connectivity index (χ0n) is 16.2. The molecule has 0 spiro atoms. The predicted octanol–water partition coefficient (Wildman–Crippen LogP) is 5.50. The van der Waals surface area contributed by atoms with Crippen molar-refractivity contribution in [1.82, 2.24) is 0 Å². The van der Waals surface area contributed by atoms with Crippen molar-refractivity contribution in [2.45, 2.75) is 20.5 Å². The van der Waals surface area contributed by atoms with Gasteiger partial charge in [-0.1, -0.05) is 17.7 Å². The molecule has 3 aromatic carbocycles. The first-order valence-corrected chi connectivity index (χ1v) is 9.18. The van der Waals surface area contributed by atoms with E-state index in [-0.39, 0.29) is 12.3 Å². The van der Waals surface area contributed by atoms with Gasteiger partial charge in [0.2, 0.25) is 0 Å². The molecule has 1 N–H and O–H groups in total. The first kappa shape index (κ1) is 20.3. The number of anilines is 1. The number of hydrogen-bond acceptors (Lipinski definition) is 3. The fourth-order valence-electron chi connectivity index (χ4n) is 2.71. The average molecular weight is 397 g/mol. The number of aryl methyl sites for hydroxylation is 1. The van der Waals surface area contributed by atoms with Crippen LogP contribution >= 0.6 is 0 Å². The lowest BCUT2D eigenvalue weighted by Gasteiger charge is -2.14. The van der Waals surface area contributed by atoms with E-state index in [4.69, 9.17) is 9.47 Å². The molecule has 150 valence electrons. The van der Waals surface area contributed by atoms with E-state index in [9.17, 15) is 13.6 Å². The fraction of sp³-hybridized carbons (Fsp3) is 0.174. The molecule has 0 atom stereocenters. The second kappa shape index (κ2) is 9.19. The Morgan fingerprint density at radius 3 is 2.41 bits per heavy atom. The molecule has 4 nitrogen and oxygen atoms in total. The first-order valence-electron chi connectivity index (χ1n) is 9.18. The Hall–Kier alpha value is -3.41. The van der Waals surface area contributed by atoms with Crippen molar-refractivity contribution in [2.75, 3.05) is 11.9 Å². The first-order chi connectivity index (χ1) is 14.0. The minimum absolute atomic E-state index is 0.0947. The summed E-state index contributed by atoms with van der Waals surface area (Å²) in [5.74, 6) is -0.773. The van der Waals surface area contributed by atoms with Gasteiger partial charge in [0.25, 0.3) is 5.91 Å². The Morgan fingerprint density at radius 1 is 0.966 bits per heavy atom. The molecule has 0 unspecified atom stereocenters. The standard InChI is InChI=1S/C23H21F2NO3/c1-3-28-22-11-6-16(23(27)26-21-10-7-18(24)13-20(21)25)12-17(22)14-29-19-8-4-15(2)5-9-19/h4-13H,3,14H2,1-2H3,(H,26,27). The number of hydrogen-bond donors (Lipinski definition) is 1. The van der Waals surface area contributed by atoms with Crippen LogP contribution < -0.4 is 14.8 Å². The summed E-state index contributed by atoms with van der Waals surface area (Å²) in [6, 6.07) is 15.5. The van der Waals surface area contributed by atoms with Gasteiger partial charge in [-0.3, -0.25) is 4.79 Å². The van der Waals surface area contributed by atoms with Crippen molar-refractivity contribution >= 4 is 11.6 Å². The number of halogens is 2. The Morgan fingerprint density at radius 2 is 1.72 bits per heavy atom. The van der Waals surface area contributed by atoms with Gasteiger partial charge in [-0.25, -0.2) is 8.78 Å². The summed E-state index contributed by atoms with van der Waals surface area (Å²) in [7, 11) is 0. The Balaban J connectivity index is 1.79. The maximum Gasteiger partial charge on any atom is 0.255 e. The van der Waals surface area contributed by atoms with Crippen LogP contribution in [0.25, 0.3) is 0 Å². The predicted molar refractivity (Wildman–Crippen MR) is 107 cm³/mol. The molecule has 6 heteroatoms. The molecule has 0 saturated carbocycles. The highest BCUT2D eigenvalue weighted by molar-refractivity contribution is 6.04. The van der Waals surface area contributed by atoms with Crippen molar-refractivity contribution < 1.29 is 23.0 Å². The molecule has 1 amide bonds. The molecule has 0 radical (unpaired) electrons. The van der Waals surface area contributed by atoms with Crippen LogP contribution in [0.2, 0.25) is 0 Å². The smallest absolute Gasteiger partial charge is 0.255 e. The van der Waals surface area contributed by atoms with Crippen molar-refractivity contribution in [3.8, 4) is 11.5 Å². The van der Waals surface area contributed by atoms with Crippen LogP contribution in [-0.4, -0.2) is 12.5 Å². The molecule has 0 aliphatic heterocycles. The van der Waals surface area contributed by atoms with Gasteiger partial charge in [0, 0.05) is 17.2 Å². The Kier molecular flexibility index (Phi) is 6.44. The highest BCUT2D eigenvalue weighted by Crippen LogP contribution is 2.24. The maximum atomic E-state index is 13.8. The highest BCUT2D eigenvalue weighted by atomic mass is 19.1. The van der Waals surface area contributed by atoms with Gasteiger partial charge in [0.15, 0.2) is 0 Å². The van der Waals surface area contributed by atoms with Gasteiger partial charge in [-0.15, -0.1) is 0 Å². The van der Waals surface area contributed by atoms with Crippen molar-refractivity contribution in [2.24, 2.45) is 0 Å². The van der Waals surface area contributed by atoms with E-state index in [1.165, 1.54) is 6.07 Å². The lowest BCUT2D eigenvalue weighted by Crippen LogP contribution is -2.14. The van der Waals surface area contributed by atoms with Crippen LogP contribution in [0, 0.1) is 18.6 Å². The third-order valence-corrected chi connectivity index (χ3v) is 4.22. The molecule has 0 aromatic heterocycles. The van der Waals surface area contributed by atoms with Gasteiger partial charge in [0.1, 0.15) is 29.7 Å². The summed E-state index contributed by atoms with van der Waals surface area (Å²) >= 11 is 0. The summed E-state index contributed by atoms with van der Waals surface area (Å²) in [6.07, 6.45) is 0. The van der Waals surface area contributed by atoms with E-state index in [2.05, 4.69) is 5.32 Å². The zero-order chi connectivity index (χ0) is 20.8. The van der Waals surface area contributed by atoms with Gasteiger partial charge in [-0.05, 0) is 56.3 Å². The molecule has 0 heterocycles. The Bertz CT molecular complexity index is 1000. The minimum Gasteiger partial charge on any atom is -0.493 e. The van der Waals surface area contributed by atoms with E-state index in [1.54, 1.807) is 18.2 Å². The summed E-state index contributed by atoms with van der Waals surface area (Å²) in [5.41, 5.74) is 2.01. The van der Waals surface area contributed by atoms with E-state index >= 15 is 0 Å². The lowest BCUT2D eigenvalue weighted by molar-refractivity contribution is 0.102. The molecule has 0 saturated heterocycles. The quantitative estimate of drug-likeness (QED) is 0.572. The number of ether oxygens (including phenoxy) is 2. The van der Waals surface area contributed by atoms with Gasteiger partial charge in [-0.2, -0.15) is 0 Å². The number of rotatable bonds is 7. The molecular formula is C23H21F2NO3. The molecule has 29 heavy (non-hydrogen) atoms. The van der Waals surface area contributed by atoms with Crippen LogP contribution in [0.1, 0.15) is 28.4 Å². The monoisotopic (exact) mass is 397 g/mol. The fourth-order valence-corrected chi connectivity index (χ4v) is 2.71. The van der Waals surface area contributed by atoms with E-state index in [0.717, 1.165) is 11.6 Å². The summed E-state index contributed by atoms with van der Waals surface area (Å²) in [5, 5.41) is 2.45. The molecule has 0 bridgehead atoms. The third kappa shape index (κ3) is 5.31. The number of benzene rings is 3. The summed E-state index contributed by atoms with van der Waals surface area (Å²) in [4.78, 5) is 12.5. The SMILES string of the molecule is CCOc1ccc(C(=O)Nc2ccc(F)cc2F)cc1COc1ccc(C)cc1. The van der Waals surface area contributed by atoms with E-state index in [0.29, 0.717) is 35.3 Å². The third-order valence-electron chi connectivity index (χ3n) is 4.22. The molecule has 0 aliphatic carbocycles. The van der Waals surface area contributed by atoms with E-state index < -0.39 is 17.5 Å². The van der Waals surface area contributed by atoms with Gasteiger partial charge >= 0.3 is 0 Å². The van der Waals surface area contributed by atoms with Crippen molar-refractivity contribution in [1.29, 1.82) is 0 Å². The van der Waals surface area contributed by atoms with Crippen LogP contribution in [0.15, 0.2) is 60.7 Å². The van der Waals surface area contributed by atoms with Crippen LogP contribution in [0.3, 0.4) is 0 Å². The maximum absolute atomic E-state index is 13.8. The number of nitrogens with one attached hydrogen (secondary N) is 1. The van der Waals surface area contributed by atoms with Crippen molar-refractivity contribution in [3.63, 3.8) is 0 Å². The number of carbonyl (C=O) groups excluding carboxylic acids is 1.